The molecule has 4 bridgehead atoms. The number of benzene rings is 4. The largest absolute Gasteiger partial charge is 0.0616 e. The van der Waals surface area contributed by atoms with Gasteiger partial charge in [-0.05, 0) is 88.4 Å². The minimum atomic E-state index is 0.182. The summed E-state index contributed by atoms with van der Waals surface area (Å²) in [7, 11) is 0. The SMILES string of the molecule is c1ccc2cc(C3(c4ccc5ccccc5c4)C4CC5CC(C4)CC3C5)ccc2c1. The van der Waals surface area contributed by atoms with Crippen molar-refractivity contribution < 1.29 is 0 Å². The Morgan fingerprint density at radius 3 is 1.37 bits per heavy atom. The maximum atomic E-state index is 2.53. The van der Waals surface area contributed by atoms with Gasteiger partial charge in [0.1, 0.15) is 0 Å². The molecule has 4 saturated carbocycles. The molecule has 0 aromatic heterocycles. The Balaban J connectivity index is 1.50. The normalized spacial score (nSPS) is 28.9. The summed E-state index contributed by atoms with van der Waals surface area (Å²) in [6.45, 7) is 0. The van der Waals surface area contributed by atoms with Crippen LogP contribution in [-0.2, 0) is 5.41 Å². The van der Waals surface area contributed by atoms with Crippen molar-refractivity contribution in [2.75, 3.05) is 0 Å². The van der Waals surface area contributed by atoms with E-state index in [0.29, 0.717) is 0 Å². The van der Waals surface area contributed by atoms with Gasteiger partial charge in [0.2, 0.25) is 0 Å². The smallest absolute Gasteiger partial charge is 0.0260 e. The summed E-state index contributed by atoms with van der Waals surface area (Å²) >= 11 is 0. The van der Waals surface area contributed by atoms with Gasteiger partial charge in [0.25, 0.3) is 0 Å². The molecule has 4 aromatic rings. The standard InChI is InChI=1S/C30H28/c1-3-7-24-18-26(11-9-22(24)5-1)30(27-12-10-23-6-2-4-8-25(23)19-27)28-14-20-13-21(16-28)17-29(30)15-20/h1-12,18-21,28-29H,13-17H2. The molecule has 8 rings (SSSR count). The van der Waals surface area contributed by atoms with Gasteiger partial charge in [0, 0.05) is 5.41 Å². The van der Waals surface area contributed by atoms with Crippen LogP contribution in [0.15, 0.2) is 84.9 Å². The molecular weight excluding hydrogens is 360 g/mol. The average molecular weight is 389 g/mol. The maximum Gasteiger partial charge on any atom is 0.0260 e. The van der Waals surface area contributed by atoms with E-state index >= 15 is 0 Å². The van der Waals surface area contributed by atoms with Gasteiger partial charge < -0.3 is 0 Å². The number of hydrogen-bond donors (Lipinski definition) is 0. The van der Waals surface area contributed by atoms with Gasteiger partial charge >= 0.3 is 0 Å². The van der Waals surface area contributed by atoms with Gasteiger partial charge in [-0.25, -0.2) is 0 Å². The van der Waals surface area contributed by atoms with Crippen LogP contribution in [0.1, 0.15) is 43.2 Å². The molecular formula is C30H28. The lowest BCUT2D eigenvalue weighted by Crippen LogP contribution is -2.56. The van der Waals surface area contributed by atoms with Crippen LogP contribution < -0.4 is 0 Å². The fourth-order valence-corrected chi connectivity index (χ4v) is 7.93. The second-order valence-electron chi connectivity index (χ2n) is 10.3. The van der Waals surface area contributed by atoms with Crippen LogP contribution in [0.2, 0.25) is 0 Å². The Kier molecular flexibility index (Phi) is 3.54. The minimum absolute atomic E-state index is 0.182. The van der Waals surface area contributed by atoms with E-state index in [1.165, 1.54) is 53.6 Å². The van der Waals surface area contributed by atoms with Crippen molar-refractivity contribution in [2.45, 2.75) is 37.5 Å². The van der Waals surface area contributed by atoms with Crippen molar-refractivity contribution in [1.29, 1.82) is 0 Å². The van der Waals surface area contributed by atoms with Gasteiger partial charge in [-0.1, -0.05) is 84.9 Å². The quantitative estimate of drug-likeness (QED) is 0.329. The predicted molar refractivity (Wildman–Crippen MR) is 126 cm³/mol. The Hall–Kier alpha value is -2.60. The molecule has 30 heavy (non-hydrogen) atoms. The van der Waals surface area contributed by atoms with Crippen molar-refractivity contribution in [2.24, 2.45) is 23.7 Å². The van der Waals surface area contributed by atoms with E-state index in [0.717, 1.165) is 23.7 Å². The Morgan fingerprint density at radius 2 is 0.900 bits per heavy atom. The van der Waals surface area contributed by atoms with Gasteiger partial charge in [-0.2, -0.15) is 0 Å². The zero-order valence-electron chi connectivity index (χ0n) is 17.4. The summed E-state index contributed by atoms with van der Waals surface area (Å²) in [4.78, 5) is 0. The molecule has 0 amide bonds. The van der Waals surface area contributed by atoms with Crippen molar-refractivity contribution in [1.82, 2.24) is 0 Å². The van der Waals surface area contributed by atoms with E-state index < -0.39 is 0 Å². The molecule has 0 saturated heterocycles. The summed E-state index contributed by atoms with van der Waals surface area (Å²) in [5, 5.41) is 5.50. The maximum absolute atomic E-state index is 2.53. The second kappa shape index (κ2) is 6.20. The molecule has 0 unspecified atom stereocenters. The fourth-order valence-electron chi connectivity index (χ4n) is 7.93. The van der Waals surface area contributed by atoms with Crippen molar-refractivity contribution in [3.8, 4) is 0 Å². The third kappa shape index (κ3) is 2.28. The third-order valence-electron chi connectivity index (χ3n) is 8.88. The molecule has 0 heteroatoms. The van der Waals surface area contributed by atoms with Gasteiger partial charge in [-0.15, -0.1) is 0 Å². The molecule has 4 aliphatic carbocycles. The highest BCUT2D eigenvalue weighted by molar-refractivity contribution is 5.85. The van der Waals surface area contributed by atoms with Crippen molar-refractivity contribution in [3.63, 3.8) is 0 Å². The Labute approximate surface area is 178 Å². The number of rotatable bonds is 2. The molecule has 4 aliphatic rings. The first-order chi connectivity index (χ1) is 14.8. The molecule has 4 aromatic carbocycles. The highest BCUT2D eigenvalue weighted by atomic mass is 14.6. The molecule has 148 valence electrons. The van der Waals surface area contributed by atoms with Crippen LogP contribution in [0.3, 0.4) is 0 Å². The summed E-state index contributed by atoms with van der Waals surface area (Å²) in [5.74, 6) is 3.52. The first-order valence-corrected chi connectivity index (χ1v) is 11.8. The Bertz CT molecular complexity index is 1150. The van der Waals surface area contributed by atoms with Crippen LogP contribution in [0.5, 0.6) is 0 Å². The summed E-state index contributed by atoms with van der Waals surface area (Å²) in [6.07, 6.45) is 7.19. The van der Waals surface area contributed by atoms with Crippen molar-refractivity contribution in [3.05, 3.63) is 96.1 Å². The fraction of sp³-hybridized carbons (Fsp3) is 0.333. The van der Waals surface area contributed by atoms with Crippen LogP contribution >= 0.6 is 0 Å². The zero-order valence-corrected chi connectivity index (χ0v) is 17.4. The summed E-state index contributed by atoms with van der Waals surface area (Å²) < 4.78 is 0. The zero-order chi connectivity index (χ0) is 19.7. The van der Waals surface area contributed by atoms with Crippen LogP contribution in [-0.4, -0.2) is 0 Å². The van der Waals surface area contributed by atoms with E-state index in [4.69, 9.17) is 0 Å². The van der Waals surface area contributed by atoms with Crippen molar-refractivity contribution >= 4 is 21.5 Å². The van der Waals surface area contributed by atoms with E-state index in [1.807, 2.05) is 0 Å². The lowest BCUT2D eigenvalue weighted by molar-refractivity contribution is -0.0417. The average Bonchev–Trinajstić information content (AvgIpc) is 2.78. The molecule has 0 N–H and O–H groups in total. The molecule has 0 atom stereocenters. The van der Waals surface area contributed by atoms with Gasteiger partial charge in [0.05, 0.1) is 0 Å². The molecule has 4 fully saturated rings. The second-order valence-corrected chi connectivity index (χ2v) is 10.3. The van der Waals surface area contributed by atoms with Crippen LogP contribution in [0, 0.1) is 23.7 Å². The van der Waals surface area contributed by atoms with Gasteiger partial charge in [0.15, 0.2) is 0 Å². The Morgan fingerprint density at radius 1 is 0.467 bits per heavy atom. The molecule has 0 nitrogen and oxygen atoms in total. The first kappa shape index (κ1) is 17.1. The first-order valence-electron chi connectivity index (χ1n) is 11.8. The lowest BCUT2D eigenvalue weighted by atomic mass is 9.42. The minimum Gasteiger partial charge on any atom is -0.0616 e. The molecule has 0 radical (unpaired) electrons. The predicted octanol–water partition coefficient (Wildman–Crippen LogP) is 7.74. The number of hydrogen-bond acceptors (Lipinski definition) is 0. The third-order valence-corrected chi connectivity index (χ3v) is 8.88. The van der Waals surface area contributed by atoms with E-state index in [9.17, 15) is 0 Å². The van der Waals surface area contributed by atoms with E-state index in [-0.39, 0.29) is 5.41 Å². The van der Waals surface area contributed by atoms with E-state index in [2.05, 4.69) is 84.9 Å². The van der Waals surface area contributed by atoms with Crippen LogP contribution in [0.4, 0.5) is 0 Å². The summed E-state index contributed by atoms with van der Waals surface area (Å²) in [5.41, 5.74) is 3.33. The van der Waals surface area contributed by atoms with Gasteiger partial charge in [-0.3, -0.25) is 0 Å². The molecule has 0 spiro atoms. The molecule has 0 aliphatic heterocycles. The highest BCUT2D eigenvalue weighted by Gasteiger charge is 2.58. The lowest BCUT2D eigenvalue weighted by Gasteiger charge is -2.62. The monoisotopic (exact) mass is 388 g/mol. The van der Waals surface area contributed by atoms with E-state index in [1.54, 1.807) is 11.1 Å². The highest BCUT2D eigenvalue weighted by Crippen LogP contribution is 2.65. The summed E-state index contributed by atoms with van der Waals surface area (Å²) in [6, 6.07) is 32.5. The van der Waals surface area contributed by atoms with Crippen LogP contribution in [0.25, 0.3) is 21.5 Å². The topological polar surface area (TPSA) is 0 Å². The molecule has 0 heterocycles. The number of fused-ring (bicyclic) bond motifs is 2.